The zero-order chi connectivity index (χ0) is 6.10. The number of nitrogens with zero attached hydrogens (tertiary/aromatic N) is 1. The average molecular weight is 140 g/mol. The molecule has 48 valence electrons. The summed E-state index contributed by atoms with van der Waals surface area (Å²) in [4.78, 5) is 0. The van der Waals surface area contributed by atoms with Crippen molar-refractivity contribution in [1.29, 1.82) is 0 Å². The lowest BCUT2D eigenvalue weighted by Crippen LogP contribution is -2.25. The van der Waals surface area contributed by atoms with Crippen LogP contribution in [0.25, 0.3) is 0 Å². The maximum absolute atomic E-state index is 3.96. The molecule has 2 rings (SSSR count). The van der Waals surface area contributed by atoms with Gasteiger partial charge in [0.05, 0.1) is 6.21 Å². The molecule has 2 heterocycles. The Bertz CT molecular complexity index is 174. The summed E-state index contributed by atoms with van der Waals surface area (Å²) in [6, 6.07) is 0. The van der Waals surface area contributed by atoms with Gasteiger partial charge in [0.2, 0.25) is 0 Å². The molecule has 0 aromatic rings. The normalized spacial score (nSPS) is 31.1. The second-order valence-corrected chi connectivity index (χ2v) is 3.17. The van der Waals surface area contributed by atoms with Crippen molar-refractivity contribution in [2.45, 2.75) is 0 Å². The standard InChI is InChI=1S/C6H8N2S/c1-5-3-9-4-6(5)2-8-7-1/h1,3,6,8H,2,4H2. The quantitative estimate of drug-likeness (QED) is 0.538. The van der Waals surface area contributed by atoms with Crippen LogP contribution in [0.4, 0.5) is 0 Å². The lowest BCUT2D eigenvalue weighted by atomic mass is 10.0. The van der Waals surface area contributed by atoms with Gasteiger partial charge in [0.1, 0.15) is 0 Å². The number of hydrazone groups is 1. The van der Waals surface area contributed by atoms with Crippen molar-refractivity contribution in [2.75, 3.05) is 12.3 Å². The molecule has 0 radical (unpaired) electrons. The van der Waals surface area contributed by atoms with Crippen LogP contribution in [0, 0.1) is 5.92 Å². The van der Waals surface area contributed by atoms with Crippen LogP contribution in [0.1, 0.15) is 0 Å². The van der Waals surface area contributed by atoms with Gasteiger partial charge in [0.25, 0.3) is 0 Å². The van der Waals surface area contributed by atoms with Crippen LogP contribution < -0.4 is 5.43 Å². The summed E-state index contributed by atoms with van der Waals surface area (Å²) in [7, 11) is 0. The highest BCUT2D eigenvalue weighted by Crippen LogP contribution is 2.27. The molecule has 0 saturated heterocycles. The first-order valence-corrected chi connectivity index (χ1v) is 4.09. The van der Waals surface area contributed by atoms with Crippen LogP contribution >= 0.6 is 11.8 Å². The molecule has 0 aromatic carbocycles. The summed E-state index contributed by atoms with van der Waals surface area (Å²) in [5.74, 6) is 1.96. The largest absolute Gasteiger partial charge is 0.309 e. The van der Waals surface area contributed by atoms with E-state index in [0.717, 1.165) is 12.5 Å². The van der Waals surface area contributed by atoms with Gasteiger partial charge in [-0.15, -0.1) is 11.8 Å². The van der Waals surface area contributed by atoms with E-state index in [1.807, 2.05) is 18.0 Å². The molecular formula is C6H8N2S. The van der Waals surface area contributed by atoms with E-state index in [1.54, 1.807) is 0 Å². The Morgan fingerprint density at radius 2 is 2.78 bits per heavy atom. The van der Waals surface area contributed by atoms with E-state index in [4.69, 9.17) is 0 Å². The Balaban J connectivity index is 2.24. The van der Waals surface area contributed by atoms with Gasteiger partial charge >= 0.3 is 0 Å². The molecule has 0 fully saturated rings. The summed E-state index contributed by atoms with van der Waals surface area (Å²) in [5.41, 5.74) is 4.37. The van der Waals surface area contributed by atoms with E-state index in [-0.39, 0.29) is 0 Å². The topological polar surface area (TPSA) is 24.4 Å². The summed E-state index contributed by atoms with van der Waals surface area (Å²) in [6.07, 6.45) is 1.92. The maximum atomic E-state index is 3.96. The molecule has 0 amide bonds. The summed E-state index contributed by atoms with van der Waals surface area (Å²) in [6.45, 7) is 1.02. The SMILES string of the molecule is C1=NNCC2CSC=C12. The van der Waals surface area contributed by atoms with E-state index in [2.05, 4.69) is 15.9 Å². The number of fused-ring (bicyclic) bond motifs is 1. The minimum atomic E-state index is 0.729. The number of rotatable bonds is 0. The molecule has 2 aliphatic rings. The highest BCUT2D eigenvalue weighted by Gasteiger charge is 2.19. The Kier molecular flexibility index (Phi) is 1.23. The van der Waals surface area contributed by atoms with Crippen molar-refractivity contribution >= 4 is 18.0 Å². The summed E-state index contributed by atoms with van der Waals surface area (Å²) >= 11 is 1.89. The first-order valence-electron chi connectivity index (χ1n) is 3.04. The smallest absolute Gasteiger partial charge is 0.0509 e. The van der Waals surface area contributed by atoms with Crippen molar-refractivity contribution in [2.24, 2.45) is 11.0 Å². The molecule has 1 unspecified atom stereocenters. The fraction of sp³-hybridized carbons (Fsp3) is 0.500. The van der Waals surface area contributed by atoms with Gasteiger partial charge in [-0.2, -0.15) is 5.10 Å². The third-order valence-electron chi connectivity index (χ3n) is 1.63. The summed E-state index contributed by atoms with van der Waals surface area (Å²) in [5, 5.41) is 6.17. The zero-order valence-corrected chi connectivity index (χ0v) is 5.82. The number of hydrogen-bond acceptors (Lipinski definition) is 3. The van der Waals surface area contributed by atoms with E-state index in [0.29, 0.717) is 0 Å². The molecule has 3 heteroatoms. The Morgan fingerprint density at radius 1 is 1.78 bits per heavy atom. The van der Waals surface area contributed by atoms with Crippen molar-refractivity contribution in [3.63, 3.8) is 0 Å². The maximum Gasteiger partial charge on any atom is 0.0509 e. The molecule has 0 bridgehead atoms. The van der Waals surface area contributed by atoms with Crippen LogP contribution in [-0.4, -0.2) is 18.5 Å². The third-order valence-corrected chi connectivity index (χ3v) is 2.66. The predicted octanol–water partition coefficient (Wildman–Crippen LogP) is 0.822. The molecule has 0 spiro atoms. The number of thioether (sulfide) groups is 1. The van der Waals surface area contributed by atoms with Crippen molar-refractivity contribution in [3.05, 3.63) is 11.0 Å². The van der Waals surface area contributed by atoms with Crippen molar-refractivity contribution < 1.29 is 0 Å². The molecule has 9 heavy (non-hydrogen) atoms. The van der Waals surface area contributed by atoms with Crippen LogP contribution in [0.5, 0.6) is 0 Å². The van der Waals surface area contributed by atoms with Gasteiger partial charge in [0, 0.05) is 18.2 Å². The Hall–Kier alpha value is -0.440. The van der Waals surface area contributed by atoms with Crippen molar-refractivity contribution in [3.8, 4) is 0 Å². The van der Waals surface area contributed by atoms with Crippen LogP contribution in [0.15, 0.2) is 16.1 Å². The lowest BCUT2D eigenvalue weighted by Gasteiger charge is -2.14. The number of hydrogen-bond donors (Lipinski definition) is 1. The first kappa shape index (κ1) is 5.35. The Morgan fingerprint density at radius 3 is 3.67 bits per heavy atom. The molecule has 1 N–H and O–H groups in total. The molecular weight excluding hydrogens is 132 g/mol. The molecule has 0 aliphatic carbocycles. The molecule has 2 nitrogen and oxygen atoms in total. The third kappa shape index (κ3) is 0.852. The van der Waals surface area contributed by atoms with Gasteiger partial charge in [-0.05, 0) is 11.0 Å². The fourth-order valence-corrected chi connectivity index (χ4v) is 2.13. The van der Waals surface area contributed by atoms with E-state index in [1.165, 1.54) is 11.3 Å². The highest BCUT2D eigenvalue weighted by molar-refractivity contribution is 8.02. The minimum absolute atomic E-state index is 0.729. The van der Waals surface area contributed by atoms with Gasteiger partial charge in [-0.3, -0.25) is 0 Å². The van der Waals surface area contributed by atoms with Gasteiger partial charge in [0.15, 0.2) is 0 Å². The molecule has 2 aliphatic heterocycles. The van der Waals surface area contributed by atoms with Gasteiger partial charge in [-0.25, -0.2) is 0 Å². The highest BCUT2D eigenvalue weighted by atomic mass is 32.2. The van der Waals surface area contributed by atoms with Gasteiger partial charge in [-0.1, -0.05) is 0 Å². The van der Waals surface area contributed by atoms with E-state index < -0.39 is 0 Å². The minimum Gasteiger partial charge on any atom is -0.309 e. The van der Waals surface area contributed by atoms with E-state index >= 15 is 0 Å². The molecule has 0 saturated carbocycles. The Labute approximate surface area is 58.4 Å². The summed E-state index contributed by atoms with van der Waals surface area (Å²) < 4.78 is 0. The van der Waals surface area contributed by atoms with Crippen LogP contribution in [-0.2, 0) is 0 Å². The molecule has 0 aromatic heterocycles. The van der Waals surface area contributed by atoms with E-state index in [9.17, 15) is 0 Å². The van der Waals surface area contributed by atoms with Gasteiger partial charge < -0.3 is 5.43 Å². The zero-order valence-electron chi connectivity index (χ0n) is 5.00. The monoisotopic (exact) mass is 140 g/mol. The fourth-order valence-electron chi connectivity index (χ4n) is 1.05. The van der Waals surface area contributed by atoms with Crippen LogP contribution in [0.3, 0.4) is 0 Å². The average Bonchev–Trinajstić information content (AvgIpc) is 2.33. The van der Waals surface area contributed by atoms with Crippen molar-refractivity contribution in [1.82, 2.24) is 5.43 Å². The number of nitrogens with one attached hydrogen (secondary N) is 1. The first-order chi connectivity index (χ1) is 4.47. The molecule has 1 atom stereocenters. The lowest BCUT2D eigenvalue weighted by molar-refractivity contribution is 0.601. The second kappa shape index (κ2) is 2.06. The second-order valence-electron chi connectivity index (χ2n) is 2.27. The predicted molar refractivity (Wildman–Crippen MR) is 40.5 cm³/mol. The van der Waals surface area contributed by atoms with Crippen LogP contribution in [0.2, 0.25) is 0 Å².